The fraction of sp³-hybridized carbons (Fsp3) is 1.00. The van der Waals surface area contributed by atoms with Crippen molar-refractivity contribution in [3.05, 3.63) is 0 Å². The van der Waals surface area contributed by atoms with Crippen LogP contribution in [0.3, 0.4) is 0 Å². The molecule has 0 aromatic heterocycles. The van der Waals surface area contributed by atoms with E-state index in [2.05, 4.69) is 0 Å². The van der Waals surface area contributed by atoms with Crippen molar-refractivity contribution in [2.75, 3.05) is 18.8 Å². The van der Waals surface area contributed by atoms with Crippen LogP contribution in [0.2, 0.25) is 0 Å². The Morgan fingerprint density at radius 3 is 2.33 bits per heavy atom. The highest BCUT2D eigenvalue weighted by Crippen LogP contribution is 2.35. The molecule has 0 bridgehead atoms. The highest BCUT2D eigenvalue weighted by Gasteiger charge is 2.42. The number of halogens is 1. The van der Waals surface area contributed by atoms with Crippen LogP contribution in [-0.2, 0) is 10.0 Å². The van der Waals surface area contributed by atoms with Gasteiger partial charge in [-0.1, -0.05) is 27.7 Å². The molecule has 1 rings (SSSR count). The van der Waals surface area contributed by atoms with E-state index in [0.717, 1.165) is 0 Å². The Labute approximate surface area is 97.8 Å². The molecular weight excluding hydrogens is 234 g/mol. The monoisotopic (exact) mass is 253 g/mol. The van der Waals surface area contributed by atoms with Crippen molar-refractivity contribution in [1.82, 2.24) is 4.31 Å². The Kier molecular flexibility index (Phi) is 3.74. The molecule has 0 saturated carbocycles. The second kappa shape index (κ2) is 4.22. The average molecular weight is 254 g/mol. The summed E-state index contributed by atoms with van der Waals surface area (Å²) in [6.07, 6.45) is 0. The predicted octanol–water partition coefficient (Wildman–Crippen LogP) is 1.92. The van der Waals surface area contributed by atoms with E-state index < -0.39 is 10.0 Å². The van der Waals surface area contributed by atoms with Gasteiger partial charge in [-0.3, -0.25) is 0 Å². The lowest BCUT2D eigenvalue weighted by atomic mass is 9.93. The van der Waals surface area contributed by atoms with Crippen molar-refractivity contribution < 1.29 is 8.42 Å². The summed E-state index contributed by atoms with van der Waals surface area (Å²) < 4.78 is 25.4. The Morgan fingerprint density at radius 1 is 1.47 bits per heavy atom. The molecule has 0 aromatic rings. The van der Waals surface area contributed by atoms with Gasteiger partial charge < -0.3 is 0 Å². The van der Waals surface area contributed by atoms with Crippen molar-refractivity contribution in [2.24, 2.45) is 11.3 Å². The quantitative estimate of drug-likeness (QED) is 0.721. The molecule has 0 spiro atoms. The molecular formula is C10H20ClNO2S. The average Bonchev–Trinajstić information content (AvgIpc) is 2.24. The first-order chi connectivity index (χ1) is 6.65. The Balaban J connectivity index is 2.76. The summed E-state index contributed by atoms with van der Waals surface area (Å²) in [5, 5.41) is -0.0839. The summed E-state index contributed by atoms with van der Waals surface area (Å²) in [5.74, 6) is 0.375. The van der Waals surface area contributed by atoms with Crippen molar-refractivity contribution in [3.63, 3.8) is 0 Å². The second-order valence-electron chi connectivity index (χ2n) is 5.42. The highest BCUT2D eigenvalue weighted by molar-refractivity contribution is 7.89. The zero-order valence-electron chi connectivity index (χ0n) is 9.83. The smallest absolute Gasteiger partial charge is 0.212 e. The molecule has 1 heterocycles. The van der Waals surface area contributed by atoms with Crippen LogP contribution >= 0.6 is 11.6 Å². The van der Waals surface area contributed by atoms with Gasteiger partial charge in [-0.25, -0.2) is 8.42 Å². The molecule has 1 atom stereocenters. The maximum absolute atomic E-state index is 11.9. The third kappa shape index (κ3) is 3.08. The molecule has 0 radical (unpaired) electrons. The van der Waals surface area contributed by atoms with Crippen LogP contribution in [0, 0.1) is 11.3 Å². The molecule has 1 aliphatic rings. The summed E-state index contributed by atoms with van der Waals surface area (Å²) in [5.41, 5.74) is -0.119. The van der Waals surface area contributed by atoms with E-state index in [1.807, 2.05) is 27.7 Å². The first kappa shape index (κ1) is 13.3. The number of nitrogens with zero attached hydrogens (tertiary/aromatic N) is 1. The molecule has 1 unspecified atom stereocenters. The van der Waals surface area contributed by atoms with Crippen molar-refractivity contribution in [2.45, 2.75) is 33.1 Å². The van der Waals surface area contributed by atoms with Gasteiger partial charge in [0.2, 0.25) is 10.0 Å². The number of hydrogen-bond acceptors (Lipinski definition) is 2. The zero-order chi connectivity index (χ0) is 11.9. The first-order valence-electron chi connectivity index (χ1n) is 5.27. The Hall–Kier alpha value is 0.200. The van der Waals surface area contributed by atoms with Crippen LogP contribution < -0.4 is 0 Å². The number of hydrogen-bond donors (Lipinski definition) is 0. The maximum atomic E-state index is 11.9. The number of rotatable bonds is 3. The summed E-state index contributed by atoms with van der Waals surface area (Å²) in [7, 11) is -3.11. The first-order valence-corrected chi connectivity index (χ1v) is 7.31. The third-order valence-electron chi connectivity index (χ3n) is 2.73. The molecule has 5 heteroatoms. The van der Waals surface area contributed by atoms with Crippen LogP contribution in [-0.4, -0.2) is 36.9 Å². The minimum atomic E-state index is -3.11. The molecule has 0 aromatic carbocycles. The molecule has 0 amide bonds. The minimum Gasteiger partial charge on any atom is -0.212 e. The van der Waals surface area contributed by atoms with Crippen LogP contribution in [0.25, 0.3) is 0 Å². The summed E-state index contributed by atoms with van der Waals surface area (Å²) in [6, 6.07) is 0. The summed E-state index contributed by atoms with van der Waals surface area (Å²) in [6.45, 7) is 8.83. The van der Waals surface area contributed by atoms with E-state index in [4.69, 9.17) is 11.6 Å². The van der Waals surface area contributed by atoms with Crippen LogP contribution in [0.15, 0.2) is 0 Å². The molecule has 1 fully saturated rings. The van der Waals surface area contributed by atoms with Crippen molar-refractivity contribution in [3.8, 4) is 0 Å². The van der Waals surface area contributed by atoms with Gasteiger partial charge in [-0.15, -0.1) is 11.6 Å². The number of alkyl halides is 1. The maximum Gasteiger partial charge on any atom is 0.214 e. The van der Waals surface area contributed by atoms with Gasteiger partial charge in [0.15, 0.2) is 0 Å². The van der Waals surface area contributed by atoms with E-state index in [9.17, 15) is 8.42 Å². The van der Waals surface area contributed by atoms with Gasteiger partial charge in [-0.05, 0) is 11.3 Å². The lowest BCUT2D eigenvalue weighted by molar-refractivity contribution is 0.377. The molecule has 15 heavy (non-hydrogen) atoms. The van der Waals surface area contributed by atoms with E-state index in [-0.39, 0.29) is 22.5 Å². The lowest BCUT2D eigenvalue weighted by Crippen LogP contribution is -2.33. The summed E-state index contributed by atoms with van der Waals surface area (Å²) >= 11 is 6.14. The minimum absolute atomic E-state index is 0.0839. The molecule has 0 aliphatic carbocycles. The molecule has 1 saturated heterocycles. The fourth-order valence-electron chi connectivity index (χ4n) is 1.78. The topological polar surface area (TPSA) is 37.4 Å². The van der Waals surface area contributed by atoms with Gasteiger partial charge in [0.05, 0.1) is 11.1 Å². The lowest BCUT2D eigenvalue weighted by Gasteiger charge is -2.21. The van der Waals surface area contributed by atoms with Gasteiger partial charge in [0.25, 0.3) is 0 Å². The predicted molar refractivity (Wildman–Crippen MR) is 63.6 cm³/mol. The summed E-state index contributed by atoms with van der Waals surface area (Å²) in [4.78, 5) is 0. The van der Waals surface area contributed by atoms with Gasteiger partial charge in [0, 0.05) is 13.1 Å². The molecule has 0 N–H and O–H groups in total. The molecule has 3 nitrogen and oxygen atoms in total. The van der Waals surface area contributed by atoms with Crippen LogP contribution in [0.4, 0.5) is 0 Å². The largest absolute Gasteiger partial charge is 0.214 e. The zero-order valence-corrected chi connectivity index (χ0v) is 11.4. The van der Waals surface area contributed by atoms with Crippen molar-refractivity contribution >= 4 is 21.6 Å². The molecule has 1 aliphatic heterocycles. The highest BCUT2D eigenvalue weighted by atomic mass is 35.5. The van der Waals surface area contributed by atoms with Crippen molar-refractivity contribution in [1.29, 1.82) is 0 Å². The van der Waals surface area contributed by atoms with E-state index in [0.29, 0.717) is 13.1 Å². The normalized spacial score (nSPS) is 27.5. The van der Waals surface area contributed by atoms with E-state index in [1.165, 1.54) is 4.31 Å². The third-order valence-corrected chi connectivity index (χ3v) is 5.61. The Morgan fingerprint density at radius 2 is 2.00 bits per heavy atom. The van der Waals surface area contributed by atoms with Gasteiger partial charge in [-0.2, -0.15) is 4.31 Å². The van der Waals surface area contributed by atoms with Gasteiger partial charge >= 0.3 is 0 Å². The molecule has 90 valence electrons. The fourth-order valence-corrected chi connectivity index (χ4v) is 4.06. The SMILES string of the molecule is CC(C)CS(=O)(=O)N1CC(Cl)C(C)(C)C1. The second-order valence-corrected chi connectivity index (χ2v) is 7.96. The van der Waals surface area contributed by atoms with Gasteiger partial charge in [0.1, 0.15) is 0 Å². The Bertz CT molecular complexity index is 324. The van der Waals surface area contributed by atoms with Crippen LogP contribution in [0.5, 0.6) is 0 Å². The van der Waals surface area contributed by atoms with Crippen LogP contribution in [0.1, 0.15) is 27.7 Å². The standard InChI is InChI=1S/C10H20ClNO2S/c1-8(2)6-15(13,14)12-5-9(11)10(3,4)7-12/h8-9H,5-7H2,1-4H3. The number of sulfonamides is 1. The van der Waals surface area contributed by atoms with E-state index >= 15 is 0 Å². The van der Waals surface area contributed by atoms with E-state index in [1.54, 1.807) is 0 Å².